The van der Waals surface area contributed by atoms with Gasteiger partial charge in [0.15, 0.2) is 0 Å². The van der Waals surface area contributed by atoms with Crippen molar-refractivity contribution in [2.75, 3.05) is 25.0 Å². The van der Waals surface area contributed by atoms with Crippen LogP contribution in [0.2, 0.25) is 0 Å². The number of nitrogens with one attached hydrogen (secondary N) is 1. The average molecular weight is 508 g/mol. The lowest BCUT2D eigenvalue weighted by molar-refractivity contribution is 0.00739. The van der Waals surface area contributed by atoms with Crippen molar-refractivity contribution in [1.82, 2.24) is 4.90 Å². The Kier molecular flexibility index (Phi) is 8.52. The third-order valence-electron chi connectivity index (χ3n) is 6.12. The number of fused-ring (bicyclic) bond motifs is 1. The first-order chi connectivity index (χ1) is 14.6. The van der Waals surface area contributed by atoms with Gasteiger partial charge in [-0.2, -0.15) is 0 Å². The molecule has 7 heteroatoms. The van der Waals surface area contributed by atoms with Crippen LogP contribution in [0.3, 0.4) is 0 Å². The SMILES string of the molecule is Cl.O=C(Nc1ccc(C(=O)OCC2CCCN3CCCCC23)cc1)c1cccc(Br)c1. The van der Waals surface area contributed by atoms with Crippen LogP contribution in [-0.2, 0) is 4.74 Å². The number of halogens is 2. The molecule has 2 heterocycles. The van der Waals surface area contributed by atoms with Gasteiger partial charge in [0.1, 0.15) is 0 Å². The first-order valence-corrected chi connectivity index (χ1v) is 11.5. The Bertz CT molecular complexity index is 904. The second-order valence-corrected chi connectivity index (χ2v) is 9.06. The van der Waals surface area contributed by atoms with E-state index in [0.29, 0.717) is 35.4 Å². The van der Waals surface area contributed by atoms with Gasteiger partial charge < -0.3 is 10.1 Å². The monoisotopic (exact) mass is 506 g/mol. The molecule has 2 aliphatic rings. The molecule has 2 aromatic carbocycles. The van der Waals surface area contributed by atoms with Gasteiger partial charge in [-0.1, -0.05) is 28.4 Å². The number of amides is 1. The summed E-state index contributed by atoms with van der Waals surface area (Å²) in [5.41, 5.74) is 1.71. The van der Waals surface area contributed by atoms with Gasteiger partial charge in [-0.15, -0.1) is 12.4 Å². The Labute approximate surface area is 198 Å². The number of carbonyl (C=O) groups is 2. The van der Waals surface area contributed by atoms with Crippen molar-refractivity contribution in [1.29, 1.82) is 0 Å². The van der Waals surface area contributed by atoms with E-state index in [0.717, 1.165) is 10.9 Å². The van der Waals surface area contributed by atoms with E-state index < -0.39 is 0 Å². The predicted octanol–water partition coefficient (Wildman–Crippen LogP) is 5.54. The van der Waals surface area contributed by atoms with E-state index in [2.05, 4.69) is 26.1 Å². The molecule has 2 fully saturated rings. The highest BCUT2D eigenvalue weighted by molar-refractivity contribution is 9.10. The molecule has 166 valence electrons. The van der Waals surface area contributed by atoms with Gasteiger partial charge in [0.25, 0.3) is 5.91 Å². The van der Waals surface area contributed by atoms with Crippen LogP contribution in [0.1, 0.15) is 52.8 Å². The lowest BCUT2D eigenvalue weighted by Gasteiger charge is -2.44. The molecule has 2 unspecified atom stereocenters. The van der Waals surface area contributed by atoms with Crippen LogP contribution in [-0.4, -0.2) is 42.5 Å². The van der Waals surface area contributed by atoms with E-state index in [4.69, 9.17) is 4.74 Å². The van der Waals surface area contributed by atoms with Gasteiger partial charge in [0.05, 0.1) is 12.2 Å². The lowest BCUT2D eigenvalue weighted by Crippen LogP contribution is -2.49. The molecule has 1 N–H and O–H groups in total. The Morgan fingerprint density at radius 2 is 1.77 bits per heavy atom. The van der Waals surface area contributed by atoms with Crippen molar-refractivity contribution in [2.45, 2.75) is 38.1 Å². The van der Waals surface area contributed by atoms with Crippen LogP contribution < -0.4 is 5.32 Å². The largest absolute Gasteiger partial charge is 0.462 e. The topological polar surface area (TPSA) is 58.6 Å². The van der Waals surface area contributed by atoms with Gasteiger partial charge in [-0.3, -0.25) is 9.69 Å². The van der Waals surface area contributed by atoms with Crippen LogP contribution in [0.25, 0.3) is 0 Å². The summed E-state index contributed by atoms with van der Waals surface area (Å²) < 4.78 is 6.51. The van der Waals surface area contributed by atoms with Crippen molar-refractivity contribution in [3.8, 4) is 0 Å². The van der Waals surface area contributed by atoms with Crippen LogP contribution in [0.4, 0.5) is 5.69 Å². The van der Waals surface area contributed by atoms with Gasteiger partial charge in [0, 0.05) is 27.7 Å². The summed E-state index contributed by atoms with van der Waals surface area (Å²) in [7, 11) is 0. The number of carbonyl (C=O) groups excluding carboxylic acids is 2. The smallest absolute Gasteiger partial charge is 0.338 e. The highest BCUT2D eigenvalue weighted by Crippen LogP contribution is 2.31. The minimum Gasteiger partial charge on any atom is -0.462 e. The van der Waals surface area contributed by atoms with Crippen molar-refractivity contribution >= 4 is 45.9 Å². The molecule has 0 saturated carbocycles. The van der Waals surface area contributed by atoms with E-state index in [1.165, 1.54) is 38.8 Å². The zero-order valence-electron chi connectivity index (χ0n) is 17.4. The number of hydrogen-bond acceptors (Lipinski definition) is 4. The molecule has 4 rings (SSSR count). The van der Waals surface area contributed by atoms with Crippen LogP contribution in [0.15, 0.2) is 53.0 Å². The first-order valence-electron chi connectivity index (χ1n) is 10.7. The third-order valence-corrected chi connectivity index (χ3v) is 6.62. The number of rotatable bonds is 5. The first kappa shape index (κ1) is 23.8. The summed E-state index contributed by atoms with van der Waals surface area (Å²) in [4.78, 5) is 27.4. The molecule has 2 aromatic rings. The summed E-state index contributed by atoms with van der Waals surface area (Å²) in [6.45, 7) is 2.85. The Balaban J connectivity index is 0.00000272. The number of ether oxygens (including phenoxy) is 1. The molecular weight excluding hydrogens is 480 g/mol. The van der Waals surface area contributed by atoms with E-state index in [1.54, 1.807) is 36.4 Å². The number of benzene rings is 2. The highest BCUT2D eigenvalue weighted by atomic mass is 79.9. The minimum absolute atomic E-state index is 0. The average Bonchev–Trinajstić information content (AvgIpc) is 2.78. The third kappa shape index (κ3) is 6.09. The molecule has 31 heavy (non-hydrogen) atoms. The quantitative estimate of drug-likeness (QED) is 0.540. The molecule has 0 bridgehead atoms. The molecular formula is C24H28BrClN2O3. The summed E-state index contributed by atoms with van der Waals surface area (Å²) >= 11 is 3.37. The maximum absolute atomic E-state index is 12.5. The minimum atomic E-state index is -0.298. The molecule has 5 nitrogen and oxygen atoms in total. The molecule has 0 radical (unpaired) electrons. The van der Waals surface area contributed by atoms with Crippen LogP contribution in [0, 0.1) is 5.92 Å². The van der Waals surface area contributed by atoms with E-state index in [9.17, 15) is 9.59 Å². The molecule has 2 atom stereocenters. The van der Waals surface area contributed by atoms with Crippen LogP contribution in [0.5, 0.6) is 0 Å². The van der Waals surface area contributed by atoms with Crippen molar-refractivity contribution < 1.29 is 14.3 Å². The van der Waals surface area contributed by atoms with E-state index in [1.807, 2.05) is 12.1 Å². The molecule has 0 aromatic heterocycles. The van der Waals surface area contributed by atoms with Gasteiger partial charge >= 0.3 is 5.97 Å². The highest BCUT2D eigenvalue weighted by Gasteiger charge is 2.33. The fourth-order valence-corrected chi connectivity index (χ4v) is 4.96. The number of hydrogen-bond donors (Lipinski definition) is 1. The summed E-state index contributed by atoms with van der Waals surface area (Å²) in [5, 5.41) is 2.85. The van der Waals surface area contributed by atoms with E-state index >= 15 is 0 Å². The second-order valence-electron chi connectivity index (χ2n) is 8.14. The van der Waals surface area contributed by atoms with Crippen molar-refractivity contribution in [3.63, 3.8) is 0 Å². The zero-order valence-corrected chi connectivity index (χ0v) is 19.8. The molecule has 0 spiro atoms. The summed E-state index contributed by atoms with van der Waals surface area (Å²) in [6, 6.07) is 14.6. The van der Waals surface area contributed by atoms with Crippen LogP contribution >= 0.6 is 28.3 Å². The second kappa shape index (κ2) is 11.1. The zero-order chi connectivity index (χ0) is 20.9. The number of nitrogens with zero attached hydrogens (tertiary/aromatic N) is 1. The van der Waals surface area contributed by atoms with E-state index in [-0.39, 0.29) is 24.3 Å². The number of piperidine rings is 2. The molecule has 0 aliphatic carbocycles. The fourth-order valence-electron chi connectivity index (χ4n) is 4.56. The standard InChI is InChI=1S/C24H27BrN2O3.ClH/c25-20-7-3-5-18(15-20)23(28)26-21-11-9-17(10-12-21)24(29)30-16-19-6-4-14-27-13-2-1-8-22(19)27;/h3,5,7,9-12,15,19,22H,1-2,4,6,8,13-14,16H2,(H,26,28);1H. The van der Waals surface area contributed by atoms with Gasteiger partial charge in [0.2, 0.25) is 0 Å². The van der Waals surface area contributed by atoms with Crippen molar-refractivity contribution in [2.24, 2.45) is 5.92 Å². The number of esters is 1. The van der Waals surface area contributed by atoms with Gasteiger partial charge in [-0.05, 0) is 81.2 Å². The number of anilines is 1. The van der Waals surface area contributed by atoms with Gasteiger partial charge in [-0.25, -0.2) is 4.79 Å². The normalized spacial score (nSPS) is 20.8. The van der Waals surface area contributed by atoms with Crippen molar-refractivity contribution in [3.05, 3.63) is 64.1 Å². The Hall–Kier alpha value is -1.89. The molecule has 2 aliphatic heterocycles. The molecule has 1 amide bonds. The lowest BCUT2D eigenvalue weighted by atomic mass is 9.84. The molecule has 2 saturated heterocycles. The summed E-state index contributed by atoms with van der Waals surface area (Å²) in [5.74, 6) is -0.0551. The fraction of sp³-hybridized carbons (Fsp3) is 0.417. The maximum atomic E-state index is 12.5. The Morgan fingerprint density at radius 1 is 1.00 bits per heavy atom. The maximum Gasteiger partial charge on any atom is 0.338 e. The predicted molar refractivity (Wildman–Crippen MR) is 128 cm³/mol. The summed E-state index contributed by atoms with van der Waals surface area (Å²) in [6.07, 6.45) is 6.10. The Morgan fingerprint density at radius 3 is 2.55 bits per heavy atom.